The zero-order valence-electron chi connectivity index (χ0n) is 15.5. The van der Waals surface area contributed by atoms with Gasteiger partial charge in [-0.2, -0.15) is 0 Å². The molecule has 0 atom stereocenters. The van der Waals surface area contributed by atoms with Gasteiger partial charge >= 0.3 is 0 Å². The van der Waals surface area contributed by atoms with E-state index in [1.54, 1.807) is 6.07 Å². The van der Waals surface area contributed by atoms with Crippen molar-refractivity contribution in [3.05, 3.63) is 69.8 Å². The first-order chi connectivity index (χ1) is 14.0. The number of aromatic nitrogens is 1. The fraction of sp³-hybridized carbons (Fsp3) is 0.227. The molecule has 0 spiro atoms. The van der Waals surface area contributed by atoms with Gasteiger partial charge in [-0.25, -0.2) is 4.39 Å². The van der Waals surface area contributed by atoms with Crippen LogP contribution < -0.4 is 15.8 Å². The van der Waals surface area contributed by atoms with E-state index in [0.29, 0.717) is 23.1 Å². The molecule has 0 radical (unpaired) electrons. The summed E-state index contributed by atoms with van der Waals surface area (Å²) in [5.41, 5.74) is 2.17. The van der Waals surface area contributed by atoms with Gasteiger partial charge < -0.3 is 15.2 Å². The largest absolute Gasteiger partial charge is 0.322 e. The lowest BCUT2D eigenvalue weighted by molar-refractivity contribution is -0.119. The van der Waals surface area contributed by atoms with Crippen LogP contribution in [-0.2, 0) is 11.2 Å². The van der Waals surface area contributed by atoms with Crippen LogP contribution in [0.2, 0.25) is 0 Å². The van der Waals surface area contributed by atoms with Gasteiger partial charge in [0.25, 0.3) is 11.5 Å². The van der Waals surface area contributed by atoms with Crippen molar-refractivity contribution in [2.24, 2.45) is 5.92 Å². The predicted octanol–water partition coefficient (Wildman–Crippen LogP) is 3.22. The second-order valence-corrected chi connectivity index (χ2v) is 7.56. The Kier molecular flexibility index (Phi) is 3.97. The van der Waals surface area contributed by atoms with Gasteiger partial charge in [0.1, 0.15) is 11.4 Å². The van der Waals surface area contributed by atoms with Crippen LogP contribution in [-0.4, -0.2) is 23.3 Å². The molecule has 7 heteroatoms. The maximum Gasteiger partial charge on any atom is 0.261 e. The van der Waals surface area contributed by atoms with Crippen LogP contribution in [0.5, 0.6) is 0 Å². The molecule has 0 bridgehead atoms. The van der Waals surface area contributed by atoms with Crippen LogP contribution in [0.25, 0.3) is 10.9 Å². The third-order valence-corrected chi connectivity index (χ3v) is 5.48. The van der Waals surface area contributed by atoms with Crippen molar-refractivity contribution < 1.29 is 14.0 Å². The van der Waals surface area contributed by atoms with Crippen LogP contribution in [0.1, 0.15) is 28.8 Å². The fourth-order valence-corrected chi connectivity index (χ4v) is 3.80. The zero-order valence-corrected chi connectivity index (χ0v) is 15.5. The summed E-state index contributed by atoms with van der Waals surface area (Å²) >= 11 is 0. The van der Waals surface area contributed by atoms with Crippen molar-refractivity contribution >= 4 is 34.1 Å². The van der Waals surface area contributed by atoms with Gasteiger partial charge in [-0.05, 0) is 72.7 Å². The smallest absolute Gasteiger partial charge is 0.261 e. The number of pyridine rings is 1. The number of anilines is 2. The summed E-state index contributed by atoms with van der Waals surface area (Å²) in [6, 6.07) is 10.9. The average molecular weight is 391 g/mol. The number of benzene rings is 2. The van der Waals surface area contributed by atoms with Crippen LogP contribution in [0.15, 0.2) is 47.3 Å². The van der Waals surface area contributed by atoms with Crippen molar-refractivity contribution in [2.45, 2.75) is 19.3 Å². The highest BCUT2D eigenvalue weighted by atomic mass is 19.1. The minimum atomic E-state index is -0.581. The number of aromatic amines is 1. The van der Waals surface area contributed by atoms with Crippen molar-refractivity contribution in [2.75, 3.05) is 16.8 Å². The number of carbonyl (C=O) groups excluding carboxylic acids is 2. The van der Waals surface area contributed by atoms with Crippen molar-refractivity contribution in [1.82, 2.24) is 4.98 Å². The molecule has 1 aromatic heterocycles. The van der Waals surface area contributed by atoms with Gasteiger partial charge in [0.05, 0.1) is 5.52 Å². The van der Waals surface area contributed by atoms with Crippen molar-refractivity contribution in [3.8, 4) is 0 Å². The molecule has 2 N–H and O–H groups in total. The molecule has 6 nitrogen and oxygen atoms in total. The Morgan fingerprint density at radius 2 is 1.93 bits per heavy atom. The van der Waals surface area contributed by atoms with Gasteiger partial charge in [-0.1, -0.05) is 0 Å². The van der Waals surface area contributed by atoms with E-state index in [2.05, 4.69) is 10.3 Å². The van der Waals surface area contributed by atoms with Crippen molar-refractivity contribution in [3.63, 3.8) is 0 Å². The van der Waals surface area contributed by atoms with Gasteiger partial charge in [-0.15, -0.1) is 0 Å². The number of carbonyl (C=O) groups is 2. The second kappa shape index (κ2) is 6.55. The third kappa shape index (κ3) is 3.18. The maximum atomic E-state index is 13.3. The van der Waals surface area contributed by atoms with E-state index in [-0.39, 0.29) is 17.4 Å². The molecule has 1 aliphatic carbocycles. The minimum absolute atomic E-state index is 0.0462. The van der Waals surface area contributed by atoms with Gasteiger partial charge in [0.15, 0.2) is 0 Å². The molecule has 2 aliphatic rings. The van der Waals surface area contributed by atoms with E-state index in [1.165, 1.54) is 24.3 Å². The predicted molar refractivity (Wildman–Crippen MR) is 108 cm³/mol. The SMILES string of the molecule is O=C(Nc1ccc2c(c1)CCN2C(=O)C1CC1)c1cc2ccc(F)cc2[nH]c1=O. The monoisotopic (exact) mass is 391 g/mol. The molecule has 1 aliphatic heterocycles. The van der Waals surface area contributed by atoms with Gasteiger partial charge in [0, 0.05) is 23.8 Å². The number of nitrogens with zero attached hydrogens (tertiary/aromatic N) is 1. The Morgan fingerprint density at radius 1 is 1.10 bits per heavy atom. The lowest BCUT2D eigenvalue weighted by Crippen LogP contribution is -2.30. The maximum absolute atomic E-state index is 13.3. The summed E-state index contributed by atoms with van der Waals surface area (Å²) in [4.78, 5) is 41.7. The molecule has 2 heterocycles. The van der Waals surface area contributed by atoms with Crippen LogP contribution in [0.3, 0.4) is 0 Å². The molecule has 146 valence electrons. The second-order valence-electron chi connectivity index (χ2n) is 7.56. The lowest BCUT2D eigenvalue weighted by Gasteiger charge is -2.17. The minimum Gasteiger partial charge on any atom is -0.322 e. The van der Waals surface area contributed by atoms with Crippen LogP contribution >= 0.6 is 0 Å². The number of nitrogens with one attached hydrogen (secondary N) is 2. The molecule has 5 rings (SSSR count). The normalized spacial score (nSPS) is 15.4. The summed E-state index contributed by atoms with van der Waals surface area (Å²) in [7, 11) is 0. The molecule has 2 amide bonds. The first-order valence-electron chi connectivity index (χ1n) is 9.58. The molecular weight excluding hydrogens is 373 g/mol. The molecule has 2 aromatic carbocycles. The fourth-order valence-electron chi connectivity index (χ4n) is 3.80. The number of hydrogen-bond donors (Lipinski definition) is 2. The Bertz CT molecular complexity index is 1230. The first kappa shape index (κ1) is 17.6. The number of fused-ring (bicyclic) bond motifs is 2. The summed E-state index contributed by atoms with van der Waals surface area (Å²) in [5, 5.41) is 3.32. The molecule has 1 saturated carbocycles. The molecule has 0 unspecified atom stereocenters. The first-order valence-corrected chi connectivity index (χ1v) is 9.58. The third-order valence-electron chi connectivity index (χ3n) is 5.48. The van der Waals surface area contributed by atoms with E-state index < -0.39 is 17.3 Å². The molecule has 0 saturated heterocycles. The zero-order chi connectivity index (χ0) is 20.1. The summed E-state index contributed by atoms with van der Waals surface area (Å²) in [6.45, 7) is 0.656. The van der Waals surface area contributed by atoms with Gasteiger partial charge in [0.2, 0.25) is 5.91 Å². The Morgan fingerprint density at radius 3 is 2.72 bits per heavy atom. The van der Waals surface area contributed by atoms with Gasteiger partial charge in [-0.3, -0.25) is 14.4 Å². The van der Waals surface area contributed by atoms with E-state index >= 15 is 0 Å². The van der Waals surface area contributed by atoms with E-state index in [4.69, 9.17) is 0 Å². The lowest BCUT2D eigenvalue weighted by atomic mass is 10.1. The number of halogens is 1. The number of hydrogen-bond acceptors (Lipinski definition) is 3. The molecule has 29 heavy (non-hydrogen) atoms. The topological polar surface area (TPSA) is 82.3 Å². The number of amides is 2. The quantitative estimate of drug-likeness (QED) is 0.719. The highest BCUT2D eigenvalue weighted by Crippen LogP contribution is 2.37. The van der Waals surface area contributed by atoms with Crippen LogP contribution in [0, 0.1) is 11.7 Å². The van der Waals surface area contributed by atoms with E-state index in [1.807, 2.05) is 17.0 Å². The summed E-state index contributed by atoms with van der Waals surface area (Å²) < 4.78 is 13.3. The van der Waals surface area contributed by atoms with Crippen molar-refractivity contribution in [1.29, 1.82) is 0 Å². The van der Waals surface area contributed by atoms with E-state index in [9.17, 15) is 18.8 Å². The summed E-state index contributed by atoms with van der Waals surface area (Å²) in [6.07, 6.45) is 2.66. The Balaban J connectivity index is 1.39. The van der Waals surface area contributed by atoms with E-state index in [0.717, 1.165) is 30.5 Å². The highest BCUT2D eigenvalue weighted by Gasteiger charge is 2.36. The highest BCUT2D eigenvalue weighted by molar-refractivity contribution is 6.06. The number of H-pyrrole nitrogens is 1. The molecule has 3 aromatic rings. The molecule has 1 fully saturated rings. The Labute approximate surface area is 165 Å². The average Bonchev–Trinajstić information content (AvgIpc) is 3.46. The summed E-state index contributed by atoms with van der Waals surface area (Å²) in [5.74, 6) is -0.660. The standard InChI is InChI=1S/C22H18FN3O3/c23-15-4-3-13-10-17(21(28)25-18(13)11-15)20(27)24-16-5-6-19-14(9-16)7-8-26(19)22(29)12-1-2-12/h3-6,9-12H,1-2,7-8H2,(H,24,27)(H,25,28). The number of rotatable bonds is 3. The molecular formula is C22H18FN3O3. The Hall–Kier alpha value is -3.48. The van der Waals surface area contributed by atoms with Crippen LogP contribution in [0.4, 0.5) is 15.8 Å².